The minimum Gasteiger partial charge on any atom is -0.377 e. The number of Topliss-reactive ketones (excluding diaryl/α,β-unsaturated/α-hetero) is 1. The Kier molecular flexibility index (Phi) is 3.47. The van der Waals surface area contributed by atoms with Gasteiger partial charge in [0.15, 0.2) is 11.6 Å². The van der Waals surface area contributed by atoms with Gasteiger partial charge in [-0.3, -0.25) is 9.59 Å². The minimum absolute atomic E-state index is 0.0356. The van der Waals surface area contributed by atoms with Gasteiger partial charge in [0, 0.05) is 10.8 Å². The van der Waals surface area contributed by atoms with E-state index < -0.39 is 22.6 Å². The molecule has 0 heterocycles. The van der Waals surface area contributed by atoms with Gasteiger partial charge in [0.2, 0.25) is 0 Å². The van der Waals surface area contributed by atoms with Crippen molar-refractivity contribution < 1.29 is 19.1 Å². The van der Waals surface area contributed by atoms with Gasteiger partial charge in [0.25, 0.3) is 0 Å². The van der Waals surface area contributed by atoms with Crippen molar-refractivity contribution in [2.24, 2.45) is 22.7 Å². The highest BCUT2D eigenvalue weighted by atomic mass is 19.1. The molecule has 2 fully saturated rings. The molecular weight excluding hydrogens is 331 g/mol. The number of allylic oxidation sites excluding steroid dienone is 6. The van der Waals surface area contributed by atoms with Crippen LogP contribution in [0.4, 0.5) is 4.39 Å². The second-order valence-corrected chi connectivity index (χ2v) is 8.81. The highest BCUT2D eigenvalue weighted by Gasteiger charge is 2.65. The molecule has 6 atom stereocenters. The van der Waals surface area contributed by atoms with Crippen molar-refractivity contribution in [3.8, 4) is 0 Å². The first-order valence-electron chi connectivity index (χ1n) is 9.27. The summed E-state index contributed by atoms with van der Waals surface area (Å²) in [5, 5.41) is 11.2. The van der Waals surface area contributed by atoms with E-state index in [0.29, 0.717) is 24.0 Å². The summed E-state index contributed by atoms with van der Waals surface area (Å²) in [6, 6.07) is 0. The zero-order valence-corrected chi connectivity index (χ0v) is 15.5. The maximum atomic E-state index is 15.1. The van der Waals surface area contributed by atoms with E-state index in [-0.39, 0.29) is 29.8 Å². The van der Waals surface area contributed by atoms with Gasteiger partial charge in [-0.05, 0) is 68.2 Å². The van der Waals surface area contributed by atoms with Crippen molar-refractivity contribution in [1.82, 2.24) is 0 Å². The van der Waals surface area contributed by atoms with Gasteiger partial charge in [0.05, 0.1) is 0 Å². The molecule has 0 spiro atoms. The van der Waals surface area contributed by atoms with Crippen LogP contribution in [0.3, 0.4) is 0 Å². The van der Waals surface area contributed by atoms with E-state index in [1.165, 1.54) is 19.1 Å². The van der Waals surface area contributed by atoms with Crippen LogP contribution in [-0.2, 0) is 9.59 Å². The molecule has 0 radical (unpaired) electrons. The van der Waals surface area contributed by atoms with Crippen LogP contribution < -0.4 is 0 Å². The van der Waals surface area contributed by atoms with Gasteiger partial charge in [-0.2, -0.15) is 0 Å². The van der Waals surface area contributed by atoms with Crippen LogP contribution in [0.15, 0.2) is 47.6 Å². The number of hydrogen-bond acceptors (Lipinski definition) is 3. The van der Waals surface area contributed by atoms with Crippen LogP contribution in [-0.4, -0.2) is 28.4 Å². The molecule has 2 saturated carbocycles. The molecule has 138 valence electrons. The number of aliphatic hydroxyl groups is 1. The number of carbonyl (C=O) groups excluding carboxylic acids is 2. The number of rotatable bonds is 1. The van der Waals surface area contributed by atoms with Crippen LogP contribution in [0.25, 0.3) is 0 Å². The molecule has 4 aliphatic rings. The van der Waals surface area contributed by atoms with E-state index >= 15 is 4.39 Å². The Morgan fingerprint density at radius 2 is 2.04 bits per heavy atom. The van der Waals surface area contributed by atoms with Gasteiger partial charge in [-0.15, -0.1) is 0 Å². The zero-order valence-electron chi connectivity index (χ0n) is 15.5. The van der Waals surface area contributed by atoms with Crippen LogP contribution in [0.5, 0.6) is 0 Å². The third-order valence-corrected chi connectivity index (χ3v) is 7.64. The molecule has 1 N–H and O–H groups in total. The fourth-order valence-corrected chi connectivity index (χ4v) is 6.15. The minimum atomic E-state index is -1.55. The number of halogens is 1. The molecule has 0 aromatic heterocycles. The summed E-state index contributed by atoms with van der Waals surface area (Å²) in [5.41, 5.74) is -0.630. The molecule has 0 amide bonds. The molecule has 0 aliphatic heterocycles. The van der Waals surface area contributed by atoms with E-state index in [0.717, 1.165) is 5.57 Å². The molecule has 0 aromatic carbocycles. The van der Waals surface area contributed by atoms with Crippen LogP contribution >= 0.6 is 0 Å². The SMILES string of the molecule is C=C1C[C@H]2[C@@H]3CC(F)C4=CC(=O)C=C[C@]4(C)C3=CC[C@]2(C)[C@@]1(O)C(C)=O. The van der Waals surface area contributed by atoms with Crippen molar-refractivity contribution in [3.63, 3.8) is 0 Å². The topological polar surface area (TPSA) is 54.4 Å². The van der Waals surface area contributed by atoms with E-state index in [9.17, 15) is 14.7 Å². The monoisotopic (exact) mass is 356 g/mol. The maximum absolute atomic E-state index is 15.1. The number of hydrogen-bond donors (Lipinski definition) is 1. The van der Waals surface area contributed by atoms with Gasteiger partial charge in [-0.1, -0.05) is 31.2 Å². The summed E-state index contributed by atoms with van der Waals surface area (Å²) in [4.78, 5) is 24.1. The average molecular weight is 356 g/mol. The molecule has 4 heteroatoms. The normalized spacial score (nSPS) is 46.9. The van der Waals surface area contributed by atoms with Crippen LogP contribution in [0.1, 0.15) is 40.0 Å². The second-order valence-electron chi connectivity index (χ2n) is 8.81. The van der Waals surface area contributed by atoms with Gasteiger partial charge >= 0.3 is 0 Å². The highest BCUT2D eigenvalue weighted by Crippen LogP contribution is 2.66. The summed E-state index contributed by atoms with van der Waals surface area (Å²) in [5.74, 6) is -0.563. The van der Waals surface area contributed by atoms with Gasteiger partial charge in [-0.25, -0.2) is 4.39 Å². The lowest BCUT2D eigenvalue weighted by atomic mass is 9.51. The summed E-state index contributed by atoms with van der Waals surface area (Å²) < 4.78 is 15.1. The Bertz CT molecular complexity index is 834. The van der Waals surface area contributed by atoms with E-state index in [2.05, 4.69) is 12.7 Å². The standard InChI is InChI=1S/C22H25FO3/c1-12-9-17-15-11-19(23)18-10-14(25)5-7-20(18,3)16(15)6-8-21(17,4)22(12,26)13(2)24/h5-7,10,15,17,19,26H,1,8-9,11H2,2-4H3/t15-,17+,19?,20-,21+,22+/m1/s1. The van der Waals surface area contributed by atoms with Crippen molar-refractivity contribution in [3.05, 3.63) is 47.6 Å². The molecule has 4 rings (SSSR count). The lowest BCUT2D eigenvalue weighted by Gasteiger charge is -2.53. The lowest BCUT2D eigenvalue weighted by Crippen LogP contribution is -2.55. The predicted molar refractivity (Wildman–Crippen MR) is 97.0 cm³/mol. The summed E-state index contributed by atoms with van der Waals surface area (Å²) >= 11 is 0. The Hall–Kier alpha value is -1.81. The largest absolute Gasteiger partial charge is 0.377 e. The third-order valence-electron chi connectivity index (χ3n) is 7.64. The first kappa shape index (κ1) is 17.6. The molecule has 4 aliphatic carbocycles. The number of carbonyl (C=O) groups is 2. The van der Waals surface area contributed by atoms with Crippen molar-refractivity contribution in [2.75, 3.05) is 0 Å². The average Bonchev–Trinajstić information content (AvgIpc) is 2.78. The Morgan fingerprint density at radius 3 is 2.69 bits per heavy atom. The summed E-state index contributed by atoms with van der Waals surface area (Å²) in [7, 11) is 0. The summed E-state index contributed by atoms with van der Waals surface area (Å²) in [6.07, 6.45) is 7.02. The molecule has 1 unspecified atom stereocenters. The predicted octanol–water partition coefficient (Wildman–Crippen LogP) is 3.65. The molecular formula is C22H25FO3. The third kappa shape index (κ3) is 1.86. The maximum Gasteiger partial charge on any atom is 0.178 e. The lowest BCUT2D eigenvalue weighted by molar-refractivity contribution is -0.145. The summed E-state index contributed by atoms with van der Waals surface area (Å²) in [6.45, 7) is 9.32. The molecule has 0 aromatic rings. The van der Waals surface area contributed by atoms with E-state index in [1.54, 1.807) is 0 Å². The Morgan fingerprint density at radius 1 is 1.35 bits per heavy atom. The molecule has 26 heavy (non-hydrogen) atoms. The second kappa shape index (κ2) is 5.13. The molecule has 3 nitrogen and oxygen atoms in total. The fourth-order valence-electron chi connectivity index (χ4n) is 6.15. The van der Waals surface area contributed by atoms with Crippen molar-refractivity contribution >= 4 is 11.6 Å². The zero-order chi connectivity index (χ0) is 19.1. The van der Waals surface area contributed by atoms with Crippen molar-refractivity contribution in [2.45, 2.75) is 51.8 Å². The van der Waals surface area contributed by atoms with Crippen LogP contribution in [0.2, 0.25) is 0 Å². The first-order chi connectivity index (χ1) is 12.1. The van der Waals surface area contributed by atoms with Crippen molar-refractivity contribution in [1.29, 1.82) is 0 Å². The Labute approximate surface area is 153 Å². The highest BCUT2D eigenvalue weighted by molar-refractivity contribution is 6.01. The number of alkyl halides is 1. The molecule has 0 bridgehead atoms. The van der Waals surface area contributed by atoms with E-state index in [4.69, 9.17) is 0 Å². The van der Waals surface area contributed by atoms with Gasteiger partial charge < -0.3 is 5.11 Å². The van der Waals surface area contributed by atoms with Gasteiger partial charge in [0.1, 0.15) is 11.8 Å². The van der Waals surface area contributed by atoms with E-state index in [1.807, 2.05) is 19.9 Å². The number of fused-ring (bicyclic) bond motifs is 5. The Balaban J connectivity index is 1.85. The quantitative estimate of drug-likeness (QED) is 0.730. The molecule has 0 saturated heterocycles. The van der Waals surface area contributed by atoms with Crippen LogP contribution in [0, 0.1) is 22.7 Å². The smallest absolute Gasteiger partial charge is 0.178 e. The number of ketones is 2. The fraction of sp³-hybridized carbons (Fsp3) is 0.545. The first-order valence-corrected chi connectivity index (χ1v) is 9.27.